The Morgan fingerprint density at radius 1 is 1.35 bits per heavy atom. The van der Waals surface area contributed by atoms with Crippen LogP contribution in [0.25, 0.3) is 0 Å². The maximum absolute atomic E-state index is 11.9. The molecular weight excluding hydrogens is 216 g/mol. The molecule has 1 unspecified atom stereocenters. The minimum absolute atomic E-state index is 0.127. The van der Waals surface area contributed by atoms with Crippen LogP contribution in [0.1, 0.15) is 44.9 Å². The number of ether oxygens (including phenoxy) is 1. The van der Waals surface area contributed by atoms with E-state index in [0.29, 0.717) is 6.54 Å². The zero-order valence-corrected chi connectivity index (χ0v) is 10.8. The number of hydrogen-bond acceptors (Lipinski definition) is 3. The second-order valence-electron chi connectivity index (χ2n) is 5.46. The number of amides is 1. The molecule has 0 aromatic carbocycles. The summed E-state index contributed by atoms with van der Waals surface area (Å²) in [7, 11) is 1.84. The monoisotopic (exact) mass is 240 g/mol. The summed E-state index contributed by atoms with van der Waals surface area (Å²) in [6.07, 6.45) is 7.47. The van der Waals surface area contributed by atoms with Crippen LogP contribution >= 0.6 is 0 Å². The molecule has 1 saturated carbocycles. The van der Waals surface area contributed by atoms with Gasteiger partial charge >= 0.3 is 0 Å². The Labute approximate surface area is 103 Å². The molecule has 1 aliphatic carbocycles. The molecule has 4 nitrogen and oxygen atoms in total. The van der Waals surface area contributed by atoms with Gasteiger partial charge in [0.15, 0.2) is 0 Å². The molecule has 0 aromatic rings. The summed E-state index contributed by atoms with van der Waals surface area (Å²) in [6, 6.07) is 0. The number of rotatable bonds is 3. The maximum atomic E-state index is 11.9. The highest BCUT2D eigenvalue weighted by Gasteiger charge is 2.39. The lowest BCUT2D eigenvalue weighted by Gasteiger charge is -2.34. The Morgan fingerprint density at radius 2 is 2.00 bits per heavy atom. The van der Waals surface area contributed by atoms with E-state index in [1.54, 1.807) is 4.90 Å². The van der Waals surface area contributed by atoms with Gasteiger partial charge in [0.05, 0.1) is 5.60 Å². The van der Waals surface area contributed by atoms with E-state index in [9.17, 15) is 4.79 Å². The van der Waals surface area contributed by atoms with E-state index < -0.39 is 0 Å². The third-order valence-corrected chi connectivity index (χ3v) is 4.16. The molecular formula is C13H24N2O2. The number of hydrogen-bond donors (Lipinski definition) is 1. The van der Waals surface area contributed by atoms with Crippen molar-refractivity contribution in [2.24, 2.45) is 5.73 Å². The molecule has 98 valence electrons. The molecule has 1 heterocycles. The van der Waals surface area contributed by atoms with Crippen molar-refractivity contribution in [3.63, 3.8) is 0 Å². The average Bonchev–Trinajstić information content (AvgIpc) is 2.59. The molecule has 0 bridgehead atoms. The summed E-state index contributed by atoms with van der Waals surface area (Å²) >= 11 is 0. The number of likely N-dealkylation sites (tertiary alicyclic amines) is 1. The van der Waals surface area contributed by atoms with Crippen molar-refractivity contribution in [1.29, 1.82) is 0 Å². The SMILES string of the molecule is CN1CCC(OC2(CN)CCCCCC2)C1=O. The van der Waals surface area contributed by atoms with Crippen LogP contribution in [0.4, 0.5) is 0 Å². The fourth-order valence-electron chi connectivity index (χ4n) is 2.94. The summed E-state index contributed by atoms with van der Waals surface area (Å²) in [4.78, 5) is 13.6. The van der Waals surface area contributed by atoms with Crippen molar-refractivity contribution >= 4 is 5.91 Å². The van der Waals surface area contributed by atoms with E-state index in [4.69, 9.17) is 10.5 Å². The van der Waals surface area contributed by atoms with Crippen LogP contribution < -0.4 is 5.73 Å². The topological polar surface area (TPSA) is 55.6 Å². The second kappa shape index (κ2) is 5.36. The van der Waals surface area contributed by atoms with Crippen LogP contribution in [0.5, 0.6) is 0 Å². The normalized spacial score (nSPS) is 29.4. The molecule has 0 aromatic heterocycles. The zero-order chi connectivity index (χ0) is 12.3. The molecule has 4 heteroatoms. The van der Waals surface area contributed by atoms with Gasteiger partial charge in [-0.15, -0.1) is 0 Å². The molecule has 0 radical (unpaired) electrons. The zero-order valence-electron chi connectivity index (χ0n) is 10.8. The van der Waals surface area contributed by atoms with Crippen LogP contribution in [0.15, 0.2) is 0 Å². The number of carbonyl (C=O) groups is 1. The highest BCUT2D eigenvalue weighted by atomic mass is 16.5. The standard InChI is InChI=1S/C13H24N2O2/c1-15-9-6-11(12(15)16)17-13(10-14)7-4-2-3-5-8-13/h11H,2-10,14H2,1H3. The van der Waals surface area contributed by atoms with E-state index in [1.807, 2.05) is 7.05 Å². The summed E-state index contributed by atoms with van der Waals surface area (Å²) in [6.45, 7) is 1.35. The Balaban J connectivity index is 2.00. The minimum Gasteiger partial charge on any atom is -0.361 e. The van der Waals surface area contributed by atoms with Gasteiger partial charge in [-0.3, -0.25) is 4.79 Å². The molecule has 2 N–H and O–H groups in total. The van der Waals surface area contributed by atoms with Crippen LogP contribution in [0.2, 0.25) is 0 Å². The first-order valence-electron chi connectivity index (χ1n) is 6.80. The highest BCUT2D eigenvalue weighted by Crippen LogP contribution is 2.32. The fourth-order valence-corrected chi connectivity index (χ4v) is 2.94. The van der Waals surface area contributed by atoms with Gasteiger partial charge in [-0.1, -0.05) is 25.7 Å². The summed E-state index contributed by atoms with van der Waals surface area (Å²) < 4.78 is 6.14. The molecule has 0 spiro atoms. The summed E-state index contributed by atoms with van der Waals surface area (Å²) in [5.41, 5.74) is 5.68. The van der Waals surface area contributed by atoms with Crippen molar-refractivity contribution < 1.29 is 9.53 Å². The molecule has 1 atom stereocenters. The fraction of sp³-hybridized carbons (Fsp3) is 0.923. The van der Waals surface area contributed by atoms with Crippen molar-refractivity contribution in [3.05, 3.63) is 0 Å². The van der Waals surface area contributed by atoms with E-state index in [0.717, 1.165) is 25.8 Å². The predicted octanol–water partition coefficient (Wildman–Crippen LogP) is 1.29. The Morgan fingerprint density at radius 3 is 2.47 bits per heavy atom. The number of likely N-dealkylation sites (N-methyl/N-ethyl adjacent to an activating group) is 1. The largest absolute Gasteiger partial charge is 0.361 e. The Bertz CT molecular complexity index is 273. The quantitative estimate of drug-likeness (QED) is 0.756. The van der Waals surface area contributed by atoms with E-state index in [1.165, 1.54) is 25.7 Å². The van der Waals surface area contributed by atoms with E-state index >= 15 is 0 Å². The molecule has 17 heavy (non-hydrogen) atoms. The first-order chi connectivity index (χ1) is 8.17. The van der Waals surface area contributed by atoms with Gasteiger partial charge in [0.1, 0.15) is 6.10 Å². The third kappa shape index (κ3) is 2.80. The first-order valence-corrected chi connectivity index (χ1v) is 6.80. The van der Waals surface area contributed by atoms with Crippen molar-refractivity contribution in [3.8, 4) is 0 Å². The summed E-state index contributed by atoms with van der Waals surface area (Å²) in [5, 5.41) is 0. The number of carbonyl (C=O) groups excluding carboxylic acids is 1. The predicted molar refractivity (Wildman–Crippen MR) is 66.6 cm³/mol. The molecule has 1 saturated heterocycles. The van der Waals surface area contributed by atoms with Crippen LogP contribution in [0.3, 0.4) is 0 Å². The van der Waals surface area contributed by atoms with Crippen LogP contribution in [0, 0.1) is 0 Å². The van der Waals surface area contributed by atoms with E-state index in [2.05, 4.69) is 0 Å². The molecule has 1 amide bonds. The lowest BCUT2D eigenvalue weighted by Crippen LogP contribution is -2.45. The smallest absolute Gasteiger partial charge is 0.251 e. The average molecular weight is 240 g/mol. The molecule has 2 aliphatic rings. The van der Waals surface area contributed by atoms with Gasteiger partial charge in [0.25, 0.3) is 5.91 Å². The Hall–Kier alpha value is -0.610. The highest BCUT2D eigenvalue weighted by molar-refractivity contribution is 5.82. The van der Waals surface area contributed by atoms with Gasteiger partial charge in [0, 0.05) is 26.6 Å². The van der Waals surface area contributed by atoms with Crippen molar-refractivity contribution in [1.82, 2.24) is 4.90 Å². The van der Waals surface area contributed by atoms with Crippen molar-refractivity contribution in [2.75, 3.05) is 20.1 Å². The first kappa shape index (κ1) is 12.8. The maximum Gasteiger partial charge on any atom is 0.251 e. The van der Waals surface area contributed by atoms with Gasteiger partial charge in [-0.05, 0) is 12.8 Å². The van der Waals surface area contributed by atoms with E-state index in [-0.39, 0.29) is 17.6 Å². The third-order valence-electron chi connectivity index (χ3n) is 4.16. The van der Waals surface area contributed by atoms with Crippen LogP contribution in [-0.4, -0.2) is 42.6 Å². The van der Waals surface area contributed by atoms with Gasteiger partial charge in [0.2, 0.25) is 0 Å². The molecule has 2 rings (SSSR count). The molecule has 1 aliphatic heterocycles. The lowest BCUT2D eigenvalue weighted by molar-refractivity contribution is -0.149. The van der Waals surface area contributed by atoms with Gasteiger partial charge in [-0.2, -0.15) is 0 Å². The number of nitrogens with two attached hydrogens (primary N) is 1. The van der Waals surface area contributed by atoms with Gasteiger partial charge in [-0.25, -0.2) is 0 Å². The molecule has 2 fully saturated rings. The minimum atomic E-state index is -0.248. The number of nitrogens with zero attached hydrogens (tertiary/aromatic N) is 1. The van der Waals surface area contributed by atoms with Crippen molar-refractivity contribution in [2.45, 2.75) is 56.7 Å². The Kier molecular flexibility index (Phi) is 4.05. The summed E-state index contributed by atoms with van der Waals surface area (Å²) in [5.74, 6) is 0.127. The van der Waals surface area contributed by atoms with Gasteiger partial charge < -0.3 is 15.4 Å². The second-order valence-corrected chi connectivity index (χ2v) is 5.46. The lowest BCUT2D eigenvalue weighted by atomic mass is 9.94. The van der Waals surface area contributed by atoms with Crippen LogP contribution in [-0.2, 0) is 9.53 Å².